The summed E-state index contributed by atoms with van der Waals surface area (Å²) in [5, 5.41) is 0.173. The maximum atomic E-state index is 7.81. The van der Waals surface area contributed by atoms with Crippen LogP contribution in [0.3, 0.4) is 0 Å². The molecule has 0 atom stereocenters. The van der Waals surface area contributed by atoms with Gasteiger partial charge in [0.1, 0.15) is 0 Å². The summed E-state index contributed by atoms with van der Waals surface area (Å²) in [6.45, 7) is 1.53. The summed E-state index contributed by atoms with van der Waals surface area (Å²) in [6.07, 6.45) is 0. The van der Waals surface area contributed by atoms with E-state index in [4.69, 9.17) is 9.60 Å². The van der Waals surface area contributed by atoms with Crippen LogP contribution >= 0.6 is 0 Å². The van der Waals surface area contributed by atoms with Gasteiger partial charge in [0, 0.05) is 0 Å². The third-order valence-corrected chi connectivity index (χ3v) is 1.50. The average Bonchev–Trinajstić information content (AvgIpc) is 2.35. The van der Waals surface area contributed by atoms with Gasteiger partial charge in [-0.25, -0.2) is 0 Å². The topological polar surface area (TPSA) is 0 Å². The van der Waals surface area contributed by atoms with Crippen LogP contribution in [0.25, 0.3) is 10.8 Å². The molecular formula is C11H10. The smallest absolute Gasteiger partial charge is 0.0616 e. The predicted octanol–water partition coefficient (Wildman–Crippen LogP) is 3.15. The summed E-state index contributed by atoms with van der Waals surface area (Å²) in [5.41, 5.74) is 0.304. The van der Waals surface area contributed by atoms with Crippen LogP contribution in [-0.4, -0.2) is 0 Å². The molecule has 0 bridgehead atoms. The zero-order chi connectivity index (χ0) is 13.8. The summed E-state index contributed by atoms with van der Waals surface area (Å²) in [4.78, 5) is 0. The third-order valence-electron chi connectivity index (χ3n) is 1.50. The van der Waals surface area contributed by atoms with E-state index >= 15 is 0 Å². The molecule has 0 N–H and O–H groups in total. The van der Waals surface area contributed by atoms with Gasteiger partial charge in [-0.2, -0.15) is 0 Å². The van der Waals surface area contributed by atoms with Gasteiger partial charge in [0.15, 0.2) is 0 Å². The maximum Gasteiger partial charge on any atom is 0.0629 e. The van der Waals surface area contributed by atoms with Crippen molar-refractivity contribution >= 4 is 10.8 Å². The summed E-state index contributed by atoms with van der Waals surface area (Å²) < 4.78 is 53.9. The van der Waals surface area contributed by atoms with Crippen LogP contribution in [0.4, 0.5) is 0 Å². The van der Waals surface area contributed by atoms with Crippen molar-refractivity contribution in [3.63, 3.8) is 0 Å². The molecule has 0 aliphatic rings. The largest absolute Gasteiger partial charge is 0.0629 e. The van der Waals surface area contributed by atoms with Crippen LogP contribution in [0, 0.1) is 6.92 Å². The van der Waals surface area contributed by atoms with Gasteiger partial charge in [-0.15, -0.1) is 0 Å². The average molecular weight is 149 g/mol. The zero-order valence-electron chi connectivity index (χ0n) is 13.0. The molecular weight excluding hydrogens is 132 g/mol. The van der Waals surface area contributed by atoms with Crippen molar-refractivity contribution in [3.05, 3.63) is 47.9 Å². The lowest BCUT2D eigenvalue weighted by Gasteiger charge is -1.98. The van der Waals surface area contributed by atoms with Crippen LogP contribution in [0.2, 0.25) is 0 Å². The summed E-state index contributed by atoms with van der Waals surface area (Å²) in [7, 11) is 0. The molecule has 54 valence electrons. The highest BCUT2D eigenvalue weighted by molar-refractivity contribution is 5.85. The lowest BCUT2D eigenvalue weighted by molar-refractivity contribution is 1.53. The lowest BCUT2D eigenvalue weighted by atomic mass is 10.1. The summed E-state index contributed by atoms with van der Waals surface area (Å²) in [5.74, 6) is 0. The van der Waals surface area contributed by atoms with Crippen LogP contribution in [0.5, 0.6) is 0 Å². The molecule has 2 aromatic carbocycles. The number of hydrogen-bond acceptors (Lipinski definition) is 0. The third kappa shape index (κ3) is 1.01. The fraction of sp³-hybridized carbons (Fsp3) is 0.0909. The van der Waals surface area contributed by atoms with Gasteiger partial charge in [-0.05, 0) is 23.3 Å². The van der Waals surface area contributed by atoms with Crippen molar-refractivity contribution in [2.75, 3.05) is 0 Å². The van der Waals surface area contributed by atoms with Crippen molar-refractivity contribution in [3.8, 4) is 0 Å². The minimum absolute atomic E-state index is 0.0134. The zero-order valence-corrected chi connectivity index (χ0v) is 6.00. The van der Waals surface area contributed by atoms with Crippen LogP contribution in [0.1, 0.15) is 15.2 Å². The molecule has 0 aliphatic carbocycles. The Morgan fingerprint density at radius 2 is 1.73 bits per heavy atom. The predicted molar refractivity (Wildman–Crippen MR) is 48.7 cm³/mol. The quantitative estimate of drug-likeness (QED) is 0.539. The Balaban J connectivity index is 3.22. The number of fused-ring (bicyclic) bond motifs is 1. The van der Waals surface area contributed by atoms with Crippen molar-refractivity contribution < 1.29 is 9.60 Å². The maximum absolute atomic E-state index is 7.81. The van der Waals surface area contributed by atoms with E-state index in [1.807, 2.05) is 0 Å². The Bertz CT molecular complexity index is 562. The van der Waals surface area contributed by atoms with Crippen LogP contribution in [0.15, 0.2) is 42.3 Å². The molecule has 0 aromatic heterocycles. The molecule has 2 aromatic rings. The van der Waals surface area contributed by atoms with E-state index in [0.717, 1.165) is 0 Å². The molecule has 0 aliphatic heterocycles. The summed E-state index contributed by atoms with van der Waals surface area (Å²) in [6, 6.07) is -2.20. The molecule has 11 heavy (non-hydrogen) atoms. The minimum atomic E-state index is -0.419. The van der Waals surface area contributed by atoms with E-state index in [2.05, 4.69) is 0 Å². The minimum Gasteiger partial charge on any atom is -0.0616 e. The van der Waals surface area contributed by atoms with Gasteiger partial charge in [0.25, 0.3) is 0 Å². The van der Waals surface area contributed by atoms with E-state index in [9.17, 15) is 0 Å². The van der Waals surface area contributed by atoms with Crippen molar-refractivity contribution in [2.45, 2.75) is 6.92 Å². The van der Waals surface area contributed by atoms with Gasteiger partial charge in [-0.1, -0.05) is 42.3 Å². The Labute approximate surface area is 76.3 Å². The Kier molecular flexibility index (Phi) is 0.509. The van der Waals surface area contributed by atoms with Gasteiger partial charge >= 0.3 is 0 Å². The molecule has 0 heteroatoms. The Morgan fingerprint density at radius 3 is 2.64 bits per heavy atom. The fourth-order valence-corrected chi connectivity index (χ4v) is 0.938. The molecule has 0 spiro atoms. The number of aryl methyl sites for hydroxylation is 1. The standard InChI is InChI=1S/C11H10/c1-9-5-4-7-10-6-2-3-8-11(9)10/h2-8H,1H3/i2D,3D,4D,5D,6D,7D,8D. The molecule has 0 unspecified atom stereocenters. The number of rotatable bonds is 0. The molecule has 0 saturated carbocycles. The van der Waals surface area contributed by atoms with Gasteiger partial charge in [0.2, 0.25) is 0 Å². The van der Waals surface area contributed by atoms with Crippen LogP contribution in [-0.2, 0) is 0 Å². The van der Waals surface area contributed by atoms with E-state index < -0.39 is 6.04 Å². The first-order valence-corrected chi connectivity index (χ1v) is 3.25. The highest BCUT2D eigenvalue weighted by Gasteiger charge is 1.91. The Morgan fingerprint density at radius 1 is 1.00 bits per heavy atom. The monoisotopic (exact) mass is 149 g/mol. The van der Waals surface area contributed by atoms with Gasteiger partial charge in [0.05, 0.1) is 9.60 Å². The first kappa shape index (κ1) is 2.34. The normalized spacial score (nSPS) is 19.2. The van der Waals surface area contributed by atoms with E-state index in [1.165, 1.54) is 6.92 Å². The van der Waals surface area contributed by atoms with Crippen molar-refractivity contribution in [1.82, 2.24) is 0 Å². The second-order valence-corrected chi connectivity index (χ2v) is 2.25. The van der Waals surface area contributed by atoms with Crippen molar-refractivity contribution in [2.24, 2.45) is 0 Å². The van der Waals surface area contributed by atoms with E-state index in [0.29, 0.717) is 5.56 Å². The molecule has 0 heterocycles. The first-order chi connectivity index (χ1) is 8.29. The van der Waals surface area contributed by atoms with Crippen LogP contribution < -0.4 is 0 Å². The molecule has 0 radical (unpaired) electrons. The SMILES string of the molecule is [2H]c1c([2H])c([2H])c2c(C)c([2H])c([2H])c([2H])c2c1[2H]. The molecule has 0 fully saturated rings. The number of benzene rings is 2. The highest BCUT2D eigenvalue weighted by Crippen LogP contribution is 2.16. The second-order valence-electron chi connectivity index (χ2n) is 2.25. The van der Waals surface area contributed by atoms with E-state index in [1.54, 1.807) is 0 Å². The van der Waals surface area contributed by atoms with Crippen molar-refractivity contribution in [1.29, 1.82) is 0 Å². The Hall–Kier alpha value is -1.30. The molecule has 2 rings (SSSR count). The van der Waals surface area contributed by atoms with Gasteiger partial charge in [-0.3, -0.25) is 0 Å². The summed E-state index contributed by atoms with van der Waals surface area (Å²) >= 11 is 0. The number of hydrogen-bond donors (Lipinski definition) is 0. The first-order valence-electron chi connectivity index (χ1n) is 6.75. The molecule has 0 amide bonds. The second kappa shape index (κ2) is 2.39. The lowest BCUT2D eigenvalue weighted by Crippen LogP contribution is -1.75. The highest BCUT2D eigenvalue weighted by atomic mass is 14.0. The van der Waals surface area contributed by atoms with E-state index in [-0.39, 0.29) is 47.0 Å². The fourth-order valence-electron chi connectivity index (χ4n) is 0.938. The molecule has 0 nitrogen and oxygen atoms in total. The van der Waals surface area contributed by atoms with Gasteiger partial charge < -0.3 is 0 Å². The molecule has 0 saturated heterocycles.